The van der Waals surface area contributed by atoms with E-state index >= 15 is 0 Å². The van der Waals surface area contributed by atoms with E-state index in [9.17, 15) is 9.59 Å². The van der Waals surface area contributed by atoms with Gasteiger partial charge in [0.2, 0.25) is 0 Å². The van der Waals surface area contributed by atoms with Crippen molar-refractivity contribution in [2.24, 2.45) is 0 Å². The fourth-order valence-corrected chi connectivity index (χ4v) is 3.79. The lowest BCUT2D eigenvalue weighted by Crippen LogP contribution is -2.38. The van der Waals surface area contributed by atoms with Gasteiger partial charge in [0.05, 0.1) is 0 Å². The first kappa shape index (κ1) is 15.0. The molecule has 0 fully saturated rings. The van der Waals surface area contributed by atoms with E-state index in [0.29, 0.717) is 13.1 Å². The molecule has 0 bridgehead atoms. The Balaban J connectivity index is 1.47. The second-order valence-electron chi connectivity index (χ2n) is 4.93. The Labute approximate surface area is 136 Å². The Morgan fingerprint density at radius 2 is 2.23 bits per heavy atom. The zero-order valence-corrected chi connectivity index (χ0v) is 13.5. The highest BCUT2D eigenvalue weighted by Crippen LogP contribution is 2.23. The van der Waals surface area contributed by atoms with E-state index in [1.54, 1.807) is 33.6 Å². The fourth-order valence-electron chi connectivity index (χ4n) is 2.27. The van der Waals surface area contributed by atoms with Gasteiger partial charge in [-0.3, -0.25) is 4.79 Å². The molecular formula is C16H15NO3S2. The van der Waals surface area contributed by atoms with Crippen molar-refractivity contribution in [1.29, 1.82) is 0 Å². The fraction of sp³-hybridized carbons (Fsp3) is 0.250. The summed E-state index contributed by atoms with van der Waals surface area (Å²) in [6.45, 7) is 1.10. The van der Waals surface area contributed by atoms with Crippen LogP contribution in [-0.4, -0.2) is 29.9 Å². The number of thiophene rings is 2. The number of hydrogen-bond donors (Lipinski definition) is 0. The van der Waals surface area contributed by atoms with E-state index in [1.165, 1.54) is 16.5 Å². The van der Waals surface area contributed by atoms with Crippen LogP contribution in [0.25, 0.3) is 6.08 Å². The van der Waals surface area contributed by atoms with Crippen LogP contribution in [0.2, 0.25) is 0 Å². The number of esters is 1. The maximum absolute atomic E-state index is 12.1. The largest absolute Gasteiger partial charge is 0.452 e. The topological polar surface area (TPSA) is 46.6 Å². The van der Waals surface area contributed by atoms with Crippen LogP contribution in [0.4, 0.5) is 0 Å². The zero-order valence-electron chi connectivity index (χ0n) is 11.9. The average Bonchev–Trinajstić information content (AvgIpc) is 3.20. The second-order valence-corrected chi connectivity index (χ2v) is 6.71. The minimum absolute atomic E-state index is 0.144. The standard InChI is InChI=1S/C16H15NO3S2/c18-15(17-6-3-14-13(9-17)5-8-22-14)10-20-16(19)2-1-12-4-7-21-11-12/h1-2,4-5,7-8,11H,3,6,9-10H2/b2-1+. The molecule has 0 N–H and O–H groups in total. The molecule has 0 radical (unpaired) electrons. The smallest absolute Gasteiger partial charge is 0.331 e. The van der Waals surface area contributed by atoms with Gasteiger partial charge in [0.1, 0.15) is 0 Å². The van der Waals surface area contributed by atoms with Gasteiger partial charge in [-0.1, -0.05) is 0 Å². The molecule has 2 aromatic heterocycles. The predicted octanol–water partition coefficient (Wildman–Crippen LogP) is 2.95. The summed E-state index contributed by atoms with van der Waals surface area (Å²) >= 11 is 3.29. The first-order chi connectivity index (χ1) is 10.7. The quantitative estimate of drug-likeness (QED) is 0.638. The van der Waals surface area contributed by atoms with Crippen molar-refractivity contribution in [2.45, 2.75) is 13.0 Å². The van der Waals surface area contributed by atoms with Gasteiger partial charge in [0, 0.05) is 24.0 Å². The van der Waals surface area contributed by atoms with Crippen LogP contribution in [0, 0.1) is 0 Å². The maximum Gasteiger partial charge on any atom is 0.331 e. The van der Waals surface area contributed by atoms with Crippen molar-refractivity contribution in [2.75, 3.05) is 13.2 Å². The van der Waals surface area contributed by atoms with E-state index in [1.807, 2.05) is 22.2 Å². The van der Waals surface area contributed by atoms with Crippen molar-refractivity contribution in [3.05, 3.63) is 50.4 Å². The number of amides is 1. The summed E-state index contributed by atoms with van der Waals surface area (Å²) in [5, 5.41) is 5.92. The van der Waals surface area contributed by atoms with E-state index in [0.717, 1.165) is 12.0 Å². The van der Waals surface area contributed by atoms with Crippen LogP contribution in [0.1, 0.15) is 16.0 Å². The van der Waals surface area contributed by atoms with Crippen molar-refractivity contribution < 1.29 is 14.3 Å². The lowest BCUT2D eigenvalue weighted by Gasteiger charge is -2.26. The Hall–Kier alpha value is -1.92. The molecule has 3 rings (SSSR count). The molecule has 1 amide bonds. The summed E-state index contributed by atoms with van der Waals surface area (Å²) in [6.07, 6.45) is 3.91. The van der Waals surface area contributed by atoms with Crippen LogP contribution in [0.5, 0.6) is 0 Å². The SMILES string of the molecule is O=C(/C=C/c1ccsc1)OCC(=O)N1CCc2sccc2C1. The zero-order chi connectivity index (χ0) is 15.4. The molecule has 3 heterocycles. The Bertz CT molecular complexity index is 688. The van der Waals surface area contributed by atoms with Gasteiger partial charge in [-0.05, 0) is 51.9 Å². The molecule has 0 aliphatic carbocycles. The Morgan fingerprint density at radius 1 is 1.32 bits per heavy atom. The summed E-state index contributed by atoms with van der Waals surface area (Å²) in [7, 11) is 0. The number of fused-ring (bicyclic) bond motifs is 1. The van der Waals surface area contributed by atoms with E-state index < -0.39 is 5.97 Å². The van der Waals surface area contributed by atoms with Gasteiger partial charge >= 0.3 is 5.97 Å². The minimum Gasteiger partial charge on any atom is -0.452 e. The summed E-state index contributed by atoms with van der Waals surface area (Å²) in [5.41, 5.74) is 2.16. The lowest BCUT2D eigenvalue weighted by molar-refractivity contribution is -0.148. The third-order valence-corrected chi connectivity index (χ3v) is 5.18. The van der Waals surface area contributed by atoms with Gasteiger partial charge in [0.15, 0.2) is 6.61 Å². The number of ether oxygens (including phenoxy) is 1. The molecule has 114 valence electrons. The highest BCUT2D eigenvalue weighted by molar-refractivity contribution is 7.10. The van der Waals surface area contributed by atoms with Gasteiger partial charge in [-0.15, -0.1) is 11.3 Å². The lowest BCUT2D eigenvalue weighted by atomic mass is 10.1. The van der Waals surface area contributed by atoms with Gasteiger partial charge in [-0.25, -0.2) is 4.79 Å². The number of nitrogens with zero attached hydrogens (tertiary/aromatic N) is 1. The van der Waals surface area contributed by atoms with E-state index in [4.69, 9.17) is 4.74 Å². The monoisotopic (exact) mass is 333 g/mol. The highest BCUT2D eigenvalue weighted by Gasteiger charge is 2.21. The molecule has 1 aliphatic rings. The van der Waals surface area contributed by atoms with Gasteiger partial charge in [0.25, 0.3) is 5.91 Å². The first-order valence-corrected chi connectivity index (χ1v) is 8.74. The van der Waals surface area contributed by atoms with Crippen LogP contribution >= 0.6 is 22.7 Å². The molecule has 1 aliphatic heterocycles. The molecule has 22 heavy (non-hydrogen) atoms. The third-order valence-electron chi connectivity index (χ3n) is 3.45. The Morgan fingerprint density at radius 3 is 3.05 bits per heavy atom. The molecule has 6 heteroatoms. The van der Waals surface area contributed by atoms with Crippen molar-refractivity contribution >= 4 is 40.6 Å². The molecule has 0 spiro atoms. The van der Waals surface area contributed by atoms with Crippen LogP contribution in [-0.2, 0) is 27.3 Å². The summed E-state index contributed by atoms with van der Waals surface area (Å²) in [6, 6.07) is 3.96. The van der Waals surface area contributed by atoms with E-state index in [2.05, 4.69) is 6.07 Å². The number of carbonyl (C=O) groups is 2. The molecule has 0 saturated carbocycles. The van der Waals surface area contributed by atoms with Gasteiger partial charge < -0.3 is 9.64 Å². The molecule has 0 aromatic carbocycles. The van der Waals surface area contributed by atoms with Crippen LogP contribution in [0.3, 0.4) is 0 Å². The summed E-state index contributed by atoms with van der Waals surface area (Å²) in [4.78, 5) is 26.8. The highest BCUT2D eigenvalue weighted by atomic mass is 32.1. The molecule has 0 unspecified atom stereocenters. The number of rotatable bonds is 4. The molecule has 0 saturated heterocycles. The number of carbonyl (C=O) groups excluding carboxylic acids is 2. The van der Waals surface area contributed by atoms with E-state index in [-0.39, 0.29) is 12.5 Å². The predicted molar refractivity (Wildman–Crippen MR) is 87.8 cm³/mol. The summed E-state index contributed by atoms with van der Waals surface area (Å²) < 4.78 is 5.01. The van der Waals surface area contributed by atoms with Crippen LogP contribution in [0.15, 0.2) is 34.3 Å². The summed E-state index contributed by atoms with van der Waals surface area (Å²) in [5.74, 6) is -0.637. The first-order valence-electron chi connectivity index (χ1n) is 6.92. The van der Waals surface area contributed by atoms with Crippen LogP contribution < -0.4 is 0 Å². The molecule has 2 aromatic rings. The van der Waals surface area contributed by atoms with Gasteiger partial charge in [-0.2, -0.15) is 11.3 Å². The Kier molecular flexibility index (Phi) is 4.70. The number of hydrogen-bond acceptors (Lipinski definition) is 5. The second kappa shape index (κ2) is 6.89. The molecular weight excluding hydrogens is 318 g/mol. The minimum atomic E-state index is -0.493. The molecule has 4 nitrogen and oxygen atoms in total. The molecule has 0 atom stereocenters. The van der Waals surface area contributed by atoms with Crippen molar-refractivity contribution in [3.8, 4) is 0 Å². The third kappa shape index (κ3) is 3.64. The van der Waals surface area contributed by atoms with Crippen molar-refractivity contribution in [1.82, 2.24) is 4.90 Å². The maximum atomic E-state index is 12.1. The average molecular weight is 333 g/mol. The normalized spacial score (nSPS) is 14.1. The van der Waals surface area contributed by atoms with Crippen molar-refractivity contribution in [3.63, 3.8) is 0 Å².